The summed E-state index contributed by atoms with van der Waals surface area (Å²) in [5, 5.41) is 21.5. The average Bonchev–Trinajstić information content (AvgIpc) is 3.13. The number of nitro groups is 1. The predicted octanol–water partition coefficient (Wildman–Crippen LogP) is 5.56. The Balaban J connectivity index is 1.73. The number of aliphatic imine (C=N–C) groups is 1. The number of nitro benzene ring substituents is 1. The van der Waals surface area contributed by atoms with Crippen molar-refractivity contribution in [2.45, 2.75) is 0 Å². The molecule has 144 valence electrons. The molecular weight excluding hydrogens is 419 g/mol. The second kappa shape index (κ2) is 7.50. The van der Waals surface area contributed by atoms with Crippen LogP contribution in [0.4, 0.5) is 11.4 Å². The Morgan fingerprint density at radius 3 is 2.79 bits per heavy atom. The second-order valence-electron chi connectivity index (χ2n) is 5.89. The Bertz CT molecular complexity index is 1250. The van der Waals surface area contributed by atoms with Crippen molar-refractivity contribution in [3.05, 3.63) is 74.4 Å². The van der Waals surface area contributed by atoms with Gasteiger partial charge in [-0.05, 0) is 36.4 Å². The molecule has 0 unspecified atom stereocenters. The number of pyridine rings is 1. The van der Waals surface area contributed by atoms with E-state index in [0.29, 0.717) is 33.4 Å². The Morgan fingerprint density at radius 1 is 1.21 bits per heavy atom. The van der Waals surface area contributed by atoms with Gasteiger partial charge in [0.25, 0.3) is 0 Å². The number of rotatable bonds is 4. The van der Waals surface area contributed by atoms with Gasteiger partial charge in [0.15, 0.2) is 11.2 Å². The Labute approximate surface area is 173 Å². The van der Waals surface area contributed by atoms with Crippen LogP contribution in [0, 0.1) is 10.1 Å². The van der Waals surface area contributed by atoms with E-state index in [0.717, 1.165) is 6.07 Å². The van der Waals surface area contributed by atoms with Gasteiger partial charge in [-0.3, -0.25) is 15.1 Å². The highest BCUT2D eigenvalue weighted by atomic mass is 35.5. The van der Waals surface area contributed by atoms with Crippen molar-refractivity contribution < 1.29 is 14.4 Å². The molecule has 2 aromatic heterocycles. The van der Waals surface area contributed by atoms with E-state index in [1.807, 2.05) is 0 Å². The summed E-state index contributed by atoms with van der Waals surface area (Å²) in [6.07, 6.45) is 2.86. The van der Waals surface area contributed by atoms with Gasteiger partial charge in [-0.2, -0.15) is 4.98 Å². The van der Waals surface area contributed by atoms with E-state index < -0.39 is 16.4 Å². The number of benzene rings is 2. The molecule has 0 radical (unpaired) electrons. The molecular formula is C19H10Cl2N4O4. The van der Waals surface area contributed by atoms with E-state index in [1.165, 1.54) is 12.3 Å². The monoisotopic (exact) mass is 428 g/mol. The molecule has 29 heavy (non-hydrogen) atoms. The number of fused-ring (bicyclic) bond motifs is 1. The highest BCUT2D eigenvalue weighted by Crippen LogP contribution is 2.34. The number of halogens is 2. The number of nitrogens with zero attached hydrogens (tertiary/aromatic N) is 4. The molecule has 0 bridgehead atoms. The minimum atomic E-state index is -0.729. The van der Waals surface area contributed by atoms with Gasteiger partial charge in [0.05, 0.1) is 15.6 Å². The van der Waals surface area contributed by atoms with Gasteiger partial charge in [-0.1, -0.05) is 23.2 Å². The number of aromatic nitrogens is 2. The SMILES string of the molecule is O=[N+]([O-])c1cc(Cl)cc(C=Nc2cc(-c3nc4ncccc4o3)ccc2Cl)c1O. The van der Waals surface area contributed by atoms with Crippen molar-refractivity contribution in [3.63, 3.8) is 0 Å². The largest absolute Gasteiger partial charge is 0.502 e. The maximum atomic E-state index is 11.0. The molecule has 0 atom stereocenters. The maximum Gasteiger partial charge on any atom is 0.312 e. The molecule has 0 fully saturated rings. The third-order valence-corrected chi connectivity index (χ3v) is 4.52. The van der Waals surface area contributed by atoms with Crippen molar-refractivity contribution in [2.75, 3.05) is 0 Å². The summed E-state index contributed by atoms with van der Waals surface area (Å²) >= 11 is 12.1. The summed E-state index contributed by atoms with van der Waals surface area (Å²) in [6.45, 7) is 0. The second-order valence-corrected chi connectivity index (χ2v) is 6.73. The fraction of sp³-hybridized carbons (Fsp3) is 0. The van der Waals surface area contributed by atoms with Gasteiger partial charge in [0.2, 0.25) is 11.6 Å². The third kappa shape index (κ3) is 3.75. The molecule has 2 heterocycles. The van der Waals surface area contributed by atoms with E-state index >= 15 is 0 Å². The zero-order chi connectivity index (χ0) is 20.5. The van der Waals surface area contributed by atoms with Crippen molar-refractivity contribution in [1.29, 1.82) is 0 Å². The fourth-order valence-corrected chi connectivity index (χ4v) is 3.01. The van der Waals surface area contributed by atoms with Gasteiger partial charge < -0.3 is 9.52 Å². The third-order valence-electron chi connectivity index (χ3n) is 3.98. The van der Waals surface area contributed by atoms with E-state index in [2.05, 4.69) is 15.0 Å². The number of phenols is 1. The molecule has 4 aromatic rings. The molecule has 10 heteroatoms. The van der Waals surface area contributed by atoms with Crippen LogP contribution in [0.25, 0.3) is 22.7 Å². The van der Waals surface area contributed by atoms with Gasteiger partial charge in [-0.25, -0.2) is 4.98 Å². The lowest BCUT2D eigenvalue weighted by Crippen LogP contribution is -1.92. The minimum Gasteiger partial charge on any atom is -0.502 e. The lowest BCUT2D eigenvalue weighted by atomic mass is 10.1. The molecule has 0 aliphatic carbocycles. The topological polar surface area (TPSA) is 115 Å². The number of oxazole rings is 1. The Kier molecular flexibility index (Phi) is 4.87. The summed E-state index contributed by atoms with van der Waals surface area (Å²) in [4.78, 5) is 23.0. The maximum absolute atomic E-state index is 11.0. The Hall–Kier alpha value is -3.49. The van der Waals surface area contributed by atoms with Crippen LogP contribution in [0.15, 0.2) is 58.1 Å². The highest BCUT2D eigenvalue weighted by Gasteiger charge is 2.18. The van der Waals surface area contributed by atoms with Crippen molar-refractivity contribution >= 4 is 52.0 Å². The molecule has 0 spiro atoms. The van der Waals surface area contributed by atoms with E-state index in [4.69, 9.17) is 27.6 Å². The van der Waals surface area contributed by atoms with Crippen LogP contribution in [0.5, 0.6) is 5.75 Å². The number of phenolic OH excluding ortho intramolecular Hbond substituents is 1. The molecule has 2 aromatic carbocycles. The smallest absolute Gasteiger partial charge is 0.312 e. The first-order valence-electron chi connectivity index (χ1n) is 8.15. The molecule has 0 aliphatic rings. The number of hydrogen-bond donors (Lipinski definition) is 1. The van der Waals surface area contributed by atoms with E-state index in [1.54, 1.807) is 36.5 Å². The van der Waals surface area contributed by atoms with Crippen LogP contribution in [-0.2, 0) is 0 Å². The summed E-state index contributed by atoms with van der Waals surface area (Å²) in [5.41, 5.74) is 1.54. The molecule has 4 rings (SSSR count). The van der Waals surface area contributed by atoms with Gasteiger partial charge >= 0.3 is 5.69 Å². The summed E-state index contributed by atoms with van der Waals surface area (Å²) < 4.78 is 5.69. The molecule has 0 saturated carbocycles. The lowest BCUT2D eigenvalue weighted by molar-refractivity contribution is -0.385. The summed E-state index contributed by atoms with van der Waals surface area (Å²) in [6, 6.07) is 10.9. The standard InChI is InChI=1S/C19H10Cl2N4O4/c20-12-6-11(17(26)15(8-12)25(27)28)9-23-14-7-10(3-4-13(14)21)19-24-18-16(29-19)2-1-5-22-18/h1-9,26H. The normalized spacial score (nSPS) is 11.4. The quantitative estimate of drug-likeness (QED) is 0.258. The number of aromatic hydroxyl groups is 1. The zero-order valence-electron chi connectivity index (χ0n) is 14.4. The van der Waals surface area contributed by atoms with Crippen LogP contribution in [0.2, 0.25) is 10.0 Å². The van der Waals surface area contributed by atoms with Crippen LogP contribution in [0.3, 0.4) is 0 Å². The minimum absolute atomic E-state index is 0.0803. The van der Waals surface area contributed by atoms with Gasteiger partial charge in [0.1, 0.15) is 0 Å². The summed E-state index contributed by atoms with van der Waals surface area (Å²) in [7, 11) is 0. The van der Waals surface area contributed by atoms with Crippen molar-refractivity contribution in [3.8, 4) is 17.2 Å². The first kappa shape index (κ1) is 18.9. The van der Waals surface area contributed by atoms with Crippen molar-refractivity contribution in [1.82, 2.24) is 9.97 Å². The van der Waals surface area contributed by atoms with Crippen LogP contribution in [-0.4, -0.2) is 26.2 Å². The van der Waals surface area contributed by atoms with E-state index in [9.17, 15) is 15.2 Å². The zero-order valence-corrected chi connectivity index (χ0v) is 15.9. The Morgan fingerprint density at radius 2 is 2.03 bits per heavy atom. The molecule has 1 N–H and O–H groups in total. The number of hydrogen-bond acceptors (Lipinski definition) is 7. The van der Waals surface area contributed by atoms with Crippen LogP contribution < -0.4 is 0 Å². The van der Waals surface area contributed by atoms with Gasteiger partial charge in [0, 0.05) is 34.6 Å². The first-order chi connectivity index (χ1) is 13.9. The van der Waals surface area contributed by atoms with Crippen molar-refractivity contribution in [2.24, 2.45) is 4.99 Å². The molecule has 0 amide bonds. The van der Waals surface area contributed by atoms with Crippen LogP contribution in [0.1, 0.15) is 5.56 Å². The summed E-state index contributed by atoms with van der Waals surface area (Å²) in [5.74, 6) is -0.200. The molecule has 8 nitrogen and oxygen atoms in total. The van der Waals surface area contributed by atoms with Crippen LogP contribution >= 0.6 is 23.2 Å². The average molecular weight is 429 g/mol. The molecule has 0 aliphatic heterocycles. The first-order valence-corrected chi connectivity index (χ1v) is 8.90. The lowest BCUT2D eigenvalue weighted by Gasteiger charge is -2.03. The fourth-order valence-electron chi connectivity index (χ4n) is 2.62. The predicted molar refractivity (Wildman–Crippen MR) is 109 cm³/mol. The van der Waals surface area contributed by atoms with Gasteiger partial charge in [-0.15, -0.1) is 0 Å². The van der Waals surface area contributed by atoms with E-state index in [-0.39, 0.29) is 10.6 Å². The molecule has 0 saturated heterocycles. The highest BCUT2D eigenvalue weighted by molar-refractivity contribution is 6.33.